The van der Waals surface area contributed by atoms with E-state index in [2.05, 4.69) is 5.32 Å². The second kappa shape index (κ2) is 11.9. The van der Waals surface area contributed by atoms with Crippen molar-refractivity contribution in [1.29, 1.82) is 0 Å². The lowest BCUT2D eigenvalue weighted by atomic mass is 9.85. The molecular formula is C27H26F6N2O3. The van der Waals surface area contributed by atoms with Crippen molar-refractivity contribution in [1.82, 2.24) is 0 Å². The summed E-state index contributed by atoms with van der Waals surface area (Å²) in [6.45, 7) is 0.00281. The van der Waals surface area contributed by atoms with Gasteiger partial charge in [0.1, 0.15) is 5.78 Å². The molecule has 0 fully saturated rings. The Bertz CT molecular complexity index is 1220. The topological polar surface area (TPSA) is 89.3 Å². The summed E-state index contributed by atoms with van der Waals surface area (Å²) < 4.78 is 79.0. The molecule has 1 aliphatic carbocycles. The van der Waals surface area contributed by atoms with Crippen LogP contribution < -0.4 is 11.1 Å². The first kappa shape index (κ1) is 29.1. The summed E-state index contributed by atoms with van der Waals surface area (Å²) in [5.74, 6) is -0.762. The van der Waals surface area contributed by atoms with Crippen LogP contribution >= 0.6 is 0 Å². The van der Waals surface area contributed by atoms with Crippen molar-refractivity contribution in [2.24, 2.45) is 5.73 Å². The number of nitrogens with two attached hydrogens (primary N) is 1. The zero-order valence-corrected chi connectivity index (χ0v) is 20.3. The van der Waals surface area contributed by atoms with Crippen LogP contribution in [-0.4, -0.2) is 24.0 Å². The van der Waals surface area contributed by atoms with Gasteiger partial charge in [0.15, 0.2) is 5.78 Å². The van der Waals surface area contributed by atoms with Gasteiger partial charge in [0.2, 0.25) is 5.91 Å². The van der Waals surface area contributed by atoms with E-state index in [1.165, 1.54) is 12.1 Å². The zero-order chi connectivity index (χ0) is 28.1. The number of fused-ring (bicyclic) bond motifs is 1. The highest BCUT2D eigenvalue weighted by Gasteiger charge is 2.37. The van der Waals surface area contributed by atoms with Crippen LogP contribution in [0.3, 0.4) is 0 Å². The van der Waals surface area contributed by atoms with E-state index in [0.717, 1.165) is 6.08 Å². The molecule has 3 rings (SSSR count). The summed E-state index contributed by atoms with van der Waals surface area (Å²) in [5, 5.41) is 2.74. The van der Waals surface area contributed by atoms with Crippen molar-refractivity contribution in [3.63, 3.8) is 0 Å². The predicted molar refractivity (Wildman–Crippen MR) is 129 cm³/mol. The van der Waals surface area contributed by atoms with Crippen molar-refractivity contribution in [2.45, 2.75) is 57.3 Å². The standard InChI is InChI=1S/C27H26F6N2O3/c28-26(29,30)19-11-16(12-20(14-19)27(31,32)33)10-18-7-6-17-13-21(8-9-23(17)25(18)38)35-24(37)5-3-1-2-4-22(36)15-34/h8-14H,1-7,15,34H2,(H,35,37)/b18-10+. The molecule has 0 heterocycles. The van der Waals surface area contributed by atoms with E-state index in [1.807, 2.05) is 0 Å². The maximum Gasteiger partial charge on any atom is 0.416 e. The maximum atomic E-state index is 13.2. The van der Waals surface area contributed by atoms with Gasteiger partial charge in [-0.2, -0.15) is 26.3 Å². The summed E-state index contributed by atoms with van der Waals surface area (Å²) in [4.78, 5) is 36.4. The molecule has 3 N–H and O–H groups in total. The van der Waals surface area contributed by atoms with Crippen molar-refractivity contribution in [3.05, 3.63) is 69.8 Å². The number of carbonyl (C=O) groups is 3. The number of aryl methyl sites for hydroxylation is 1. The van der Waals surface area contributed by atoms with Crippen LogP contribution in [0.2, 0.25) is 0 Å². The Balaban J connectivity index is 1.70. The molecule has 0 atom stereocenters. The van der Waals surface area contributed by atoms with E-state index in [-0.39, 0.29) is 53.8 Å². The van der Waals surface area contributed by atoms with Crippen LogP contribution in [-0.2, 0) is 28.4 Å². The van der Waals surface area contributed by atoms with Crippen LogP contribution in [0.5, 0.6) is 0 Å². The molecule has 2 aromatic rings. The number of allylic oxidation sites excluding steroid dienone is 1. The molecule has 0 aromatic heterocycles. The van der Waals surface area contributed by atoms with Gasteiger partial charge >= 0.3 is 12.4 Å². The molecule has 204 valence electrons. The van der Waals surface area contributed by atoms with Crippen LogP contribution in [0.15, 0.2) is 42.0 Å². The number of amides is 1. The van der Waals surface area contributed by atoms with Crippen molar-refractivity contribution in [3.8, 4) is 0 Å². The average molecular weight is 541 g/mol. The molecule has 0 saturated carbocycles. The first-order valence-electron chi connectivity index (χ1n) is 12.0. The number of halogens is 6. The number of Topliss-reactive ketones (excluding diaryl/α,β-unsaturated/α-hetero) is 2. The third-order valence-electron chi connectivity index (χ3n) is 6.13. The van der Waals surface area contributed by atoms with Gasteiger partial charge in [-0.1, -0.05) is 6.42 Å². The minimum atomic E-state index is -4.98. The van der Waals surface area contributed by atoms with Crippen molar-refractivity contribution >= 4 is 29.2 Å². The van der Waals surface area contributed by atoms with Gasteiger partial charge in [-0.15, -0.1) is 0 Å². The largest absolute Gasteiger partial charge is 0.416 e. The third-order valence-corrected chi connectivity index (χ3v) is 6.13. The number of nitrogens with one attached hydrogen (secondary N) is 1. The van der Waals surface area contributed by atoms with Crippen molar-refractivity contribution in [2.75, 3.05) is 11.9 Å². The van der Waals surface area contributed by atoms with E-state index >= 15 is 0 Å². The number of ketones is 2. The van der Waals surface area contributed by atoms with Crippen LogP contribution in [0, 0.1) is 0 Å². The number of hydrogen-bond acceptors (Lipinski definition) is 4. The van der Waals surface area contributed by atoms with Gasteiger partial charge in [0, 0.05) is 29.7 Å². The van der Waals surface area contributed by atoms with Crippen LogP contribution in [0.25, 0.3) is 6.08 Å². The zero-order valence-electron chi connectivity index (χ0n) is 20.3. The predicted octanol–water partition coefficient (Wildman–Crippen LogP) is 6.35. The van der Waals surface area contributed by atoms with Gasteiger partial charge in [0.05, 0.1) is 17.7 Å². The summed E-state index contributed by atoms with van der Waals surface area (Å²) in [5.41, 5.74) is 3.43. The number of anilines is 1. The van der Waals surface area contributed by atoms with Gasteiger partial charge in [-0.25, -0.2) is 0 Å². The Hall–Kier alpha value is -3.47. The molecule has 38 heavy (non-hydrogen) atoms. The molecule has 0 bridgehead atoms. The van der Waals surface area contributed by atoms with E-state index in [0.29, 0.717) is 55.5 Å². The first-order chi connectivity index (χ1) is 17.8. The van der Waals surface area contributed by atoms with Gasteiger partial charge < -0.3 is 11.1 Å². The van der Waals surface area contributed by atoms with E-state index in [9.17, 15) is 40.7 Å². The van der Waals surface area contributed by atoms with Crippen LogP contribution in [0.1, 0.15) is 71.1 Å². The quantitative estimate of drug-likeness (QED) is 0.220. The Labute approximate surface area is 215 Å². The lowest BCUT2D eigenvalue weighted by molar-refractivity contribution is -0.143. The molecule has 0 spiro atoms. The van der Waals surface area contributed by atoms with Gasteiger partial charge in [-0.3, -0.25) is 14.4 Å². The minimum Gasteiger partial charge on any atom is -0.326 e. The van der Waals surface area contributed by atoms with Crippen LogP contribution in [0.4, 0.5) is 32.0 Å². The monoisotopic (exact) mass is 540 g/mol. The maximum absolute atomic E-state index is 13.2. The van der Waals surface area contributed by atoms with E-state index in [4.69, 9.17) is 5.73 Å². The Morgan fingerprint density at radius 3 is 2.11 bits per heavy atom. The number of hydrogen-bond donors (Lipinski definition) is 2. The Kier molecular flexibility index (Phi) is 9.14. The molecule has 1 aliphatic rings. The fourth-order valence-corrected chi connectivity index (χ4v) is 4.17. The summed E-state index contributed by atoms with van der Waals surface area (Å²) in [6.07, 6.45) is -5.91. The molecule has 0 aliphatic heterocycles. The second-order valence-corrected chi connectivity index (χ2v) is 9.06. The highest BCUT2D eigenvalue weighted by atomic mass is 19.4. The lowest BCUT2D eigenvalue weighted by Gasteiger charge is -2.19. The Morgan fingerprint density at radius 1 is 0.868 bits per heavy atom. The first-order valence-corrected chi connectivity index (χ1v) is 12.0. The summed E-state index contributed by atoms with van der Waals surface area (Å²) >= 11 is 0. The SMILES string of the molecule is NCC(=O)CCCCCC(=O)Nc1ccc2c(c1)CC/C(=C\c1cc(C(F)(F)F)cc(C(F)(F)F)c1)C2=O. The Morgan fingerprint density at radius 2 is 1.50 bits per heavy atom. The molecule has 0 saturated heterocycles. The van der Waals surface area contributed by atoms with Gasteiger partial charge in [-0.05, 0) is 79.3 Å². The minimum absolute atomic E-state index is 0.00281. The third kappa shape index (κ3) is 7.77. The number of carbonyl (C=O) groups excluding carboxylic acids is 3. The van der Waals surface area contributed by atoms with E-state index in [1.54, 1.807) is 6.07 Å². The summed E-state index contributed by atoms with van der Waals surface area (Å²) in [6, 6.07) is 5.83. The highest BCUT2D eigenvalue weighted by molar-refractivity contribution is 6.13. The lowest BCUT2D eigenvalue weighted by Crippen LogP contribution is -2.16. The molecule has 0 unspecified atom stereocenters. The fraction of sp³-hybridized carbons (Fsp3) is 0.370. The smallest absolute Gasteiger partial charge is 0.326 e. The number of rotatable bonds is 9. The van der Waals surface area contributed by atoms with Gasteiger partial charge in [0.25, 0.3) is 0 Å². The molecule has 2 aromatic carbocycles. The number of unbranched alkanes of at least 4 members (excludes halogenated alkanes) is 2. The summed E-state index contributed by atoms with van der Waals surface area (Å²) in [7, 11) is 0. The normalized spacial score (nSPS) is 14.9. The highest BCUT2D eigenvalue weighted by Crippen LogP contribution is 2.37. The van der Waals surface area contributed by atoms with E-state index < -0.39 is 29.3 Å². The molecule has 1 amide bonds. The number of alkyl halides is 6. The second-order valence-electron chi connectivity index (χ2n) is 9.06. The average Bonchev–Trinajstić information content (AvgIpc) is 2.84. The number of benzene rings is 2. The molecular weight excluding hydrogens is 514 g/mol. The fourth-order valence-electron chi connectivity index (χ4n) is 4.17. The molecule has 5 nitrogen and oxygen atoms in total. The molecule has 11 heteroatoms. The molecule has 0 radical (unpaired) electrons. The van der Waals surface area contributed by atoms with Crippen molar-refractivity contribution < 1.29 is 40.7 Å².